The summed E-state index contributed by atoms with van der Waals surface area (Å²) in [5.74, 6) is -0.0747. The zero-order chi connectivity index (χ0) is 14.4. The lowest BCUT2D eigenvalue weighted by Gasteiger charge is -2.07. The van der Waals surface area contributed by atoms with Gasteiger partial charge in [0.1, 0.15) is 0 Å². The number of rotatable bonds is 5. The molecule has 1 amide bonds. The molecule has 20 heavy (non-hydrogen) atoms. The molecule has 0 saturated heterocycles. The molecule has 2 aromatic rings. The third kappa shape index (κ3) is 3.94. The van der Waals surface area contributed by atoms with Gasteiger partial charge in [0, 0.05) is 16.6 Å². The van der Waals surface area contributed by atoms with Gasteiger partial charge in [-0.25, -0.2) is 0 Å². The number of alkyl halides is 1. The molecule has 0 fully saturated rings. The zero-order valence-corrected chi connectivity index (χ0v) is 13.1. The van der Waals surface area contributed by atoms with Crippen LogP contribution in [0.5, 0.6) is 0 Å². The van der Waals surface area contributed by atoms with Gasteiger partial charge < -0.3 is 5.32 Å². The summed E-state index contributed by atoms with van der Waals surface area (Å²) in [6, 6.07) is 15.6. The second-order valence-corrected chi connectivity index (χ2v) is 5.29. The SMILES string of the molecule is CCCc1ccc(NC(=O)c2ccc(CBr)cc2)cc1. The molecule has 0 radical (unpaired) electrons. The minimum absolute atomic E-state index is 0.0747. The molecule has 0 aliphatic heterocycles. The monoisotopic (exact) mass is 331 g/mol. The number of halogens is 1. The third-order valence-electron chi connectivity index (χ3n) is 3.12. The Morgan fingerprint density at radius 3 is 2.15 bits per heavy atom. The van der Waals surface area contributed by atoms with Gasteiger partial charge in [-0.3, -0.25) is 4.79 Å². The average Bonchev–Trinajstić information content (AvgIpc) is 2.49. The fraction of sp³-hybridized carbons (Fsp3) is 0.235. The van der Waals surface area contributed by atoms with Crippen LogP contribution < -0.4 is 5.32 Å². The standard InChI is InChI=1S/C17H18BrNO/c1-2-3-13-6-10-16(11-7-13)19-17(20)15-8-4-14(12-18)5-9-15/h4-11H,2-3,12H2,1H3,(H,19,20). The summed E-state index contributed by atoms with van der Waals surface area (Å²) in [5, 5.41) is 3.71. The number of nitrogens with one attached hydrogen (secondary N) is 1. The molecule has 0 unspecified atom stereocenters. The number of amides is 1. The maximum atomic E-state index is 12.1. The molecule has 0 atom stereocenters. The number of benzene rings is 2. The van der Waals surface area contributed by atoms with Crippen LogP contribution in [0.4, 0.5) is 5.69 Å². The number of anilines is 1. The van der Waals surface area contributed by atoms with Gasteiger partial charge in [0.15, 0.2) is 0 Å². The predicted molar refractivity (Wildman–Crippen MR) is 87.5 cm³/mol. The maximum Gasteiger partial charge on any atom is 0.255 e. The first-order valence-corrected chi connectivity index (χ1v) is 7.90. The summed E-state index contributed by atoms with van der Waals surface area (Å²) in [6.07, 6.45) is 2.20. The van der Waals surface area contributed by atoms with Gasteiger partial charge >= 0.3 is 0 Å². The van der Waals surface area contributed by atoms with Crippen molar-refractivity contribution in [2.75, 3.05) is 5.32 Å². The lowest BCUT2D eigenvalue weighted by molar-refractivity contribution is 0.102. The predicted octanol–water partition coefficient (Wildman–Crippen LogP) is 4.79. The fourth-order valence-corrected chi connectivity index (χ4v) is 2.37. The number of carbonyl (C=O) groups excluding carboxylic acids is 1. The van der Waals surface area contributed by atoms with Gasteiger partial charge in [0.25, 0.3) is 5.91 Å². The van der Waals surface area contributed by atoms with E-state index >= 15 is 0 Å². The van der Waals surface area contributed by atoms with Crippen molar-refractivity contribution >= 4 is 27.5 Å². The molecule has 0 bridgehead atoms. The summed E-state index contributed by atoms with van der Waals surface area (Å²) in [5.41, 5.74) is 3.96. The Bertz CT molecular complexity index is 561. The van der Waals surface area contributed by atoms with Crippen molar-refractivity contribution in [2.45, 2.75) is 25.1 Å². The maximum absolute atomic E-state index is 12.1. The second kappa shape index (κ2) is 7.25. The minimum Gasteiger partial charge on any atom is -0.322 e. The molecule has 2 nitrogen and oxygen atoms in total. The van der Waals surface area contributed by atoms with Gasteiger partial charge in [-0.1, -0.05) is 53.5 Å². The van der Waals surface area contributed by atoms with Crippen molar-refractivity contribution in [2.24, 2.45) is 0 Å². The van der Waals surface area contributed by atoms with Crippen molar-refractivity contribution < 1.29 is 4.79 Å². The van der Waals surface area contributed by atoms with Crippen LogP contribution in [0.25, 0.3) is 0 Å². The van der Waals surface area contributed by atoms with Crippen molar-refractivity contribution in [1.82, 2.24) is 0 Å². The average molecular weight is 332 g/mol. The molecule has 1 N–H and O–H groups in total. The van der Waals surface area contributed by atoms with E-state index in [4.69, 9.17) is 0 Å². The molecular weight excluding hydrogens is 314 g/mol. The van der Waals surface area contributed by atoms with E-state index in [0.29, 0.717) is 5.56 Å². The van der Waals surface area contributed by atoms with E-state index in [1.165, 1.54) is 5.56 Å². The smallest absolute Gasteiger partial charge is 0.255 e. The highest BCUT2D eigenvalue weighted by atomic mass is 79.9. The van der Waals surface area contributed by atoms with Crippen molar-refractivity contribution in [3.05, 3.63) is 65.2 Å². The van der Waals surface area contributed by atoms with Gasteiger partial charge in [-0.05, 0) is 41.8 Å². The molecule has 0 saturated carbocycles. The summed E-state index contributed by atoms with van der Waals surface area (Å²) in [4.78, 5) is 12.1. The largest absolute Gasteiger partial charge is 0.322 e. The molecule has 2 rings (SSSR count). The Morgan fingerprint density at radius 2 is 1.60 bits per heavy atom. The highest BCUT2D eigenvalue weighted by Crippen LogP contribution is 2.13. The summed E-state index contributed by atoms with van der Waals surface area (Å²) < 4.78 is 0. The molecule has 0 spiro atoms. The van der Waals surface area contributed by atoms with E-state index in [1.54, 1.807) is 0 Å². The molecule has 0 aliphatic rings. The fourth-order valence-electron chi connectivity index (χ4n) is 1.99. The summed E-state index contributed by atoms with van der Waals surface area (Å²) >= 11 is 3.39. The first-order chi connectivity index (χ1) is 9.72. The first kappa shape index (κ1) is 14.8. The molecular formula is C17H18BrNO. The molecule has 0 aliphatic carbocycles. The van der Waals surface area contributed by atoms with Crippen LogP contribution in [-0.4, -0.2) is 5.91 Å². The quantitative estimate of drug-likeness (QED) is 0.784. The zero-order valence-electron chi connectivity index (χ0n) is 11.5. The Labute approximate surface area is 128 Å². The van der Waals surface area contributed by atoms with E-state index < -0.39 is 0 Å². The van der Waals surface area contributed by atoms with Crippen LogP contribution in [-0.2, 0) is 11.8 Å². The minimum atomic E-state index is -0.0747. The normalized spacial score (nSPS) is 10.3. The number of aryl methyl sites for hydroxylation is 1. The van der Waals surface area contributed by atoms with E-state index in [-0.39, 0.29) is 5.91 Å². The van der Waals surface area contributed by atoms with E-state index in [0.717, 1.165) is 29.4 Å². The Kier molecular flexibility index (Phi) is 5.36. The summed E-state index contributed by atoms with van der Waals surface area (Å²) in [6.45, 7) is 2.16. The lowest BCUT2D eigenvalue weighted by Crippen LogP contribution is -2.11. The van der Waals surface area contributed by atoms with Crippen LogP contribution >= 0.6 is 15.9 Å². The topological polar surface area (TPSA) is 29.1 Å². The highest BCUT2D eigenvalue weighted by Gasteiger charge is 2.05. The van der Waals surface area contributed by atoms with Crippen LogP contribution in [0.15, 0.2) is 48.5 Å². The molecule has 0 aromatic heterocycles. The van der Waals surface area contributed by atoms with Crippen LogP contribution in [0.3, 0.4) is 0 Å². The number of carbonyl (C=O) groups is 1. The molecule has 104 valence electrons. The van der Waals surface area contributed by atoms with Crippen molar-refractivity contribution in [3.63, 3.8) is 0 Å². The molecule has 3 heteroatoms. The Balaban J connectivity index is 2.02. The van der Waals surface area contributed by atoms with E-state index in [1.807, 2.05) is 36.4 Å². The number of hydrogen-bond donors (Lipinski definition) is 1. The van der Waals surface area contributed by atoms with Crippen molar-refractivity contribution in [1.29, 1.82) is 0 Å². The van der Waals surface area contributed by atoms with Crippen molar-refractivity contribution in [3.8, 4) is 0 Å². The molecule has 2 aromatic carbocycles. The van der Waals surface area contributed by atoms with Crippen LogP contribution in [0.1, 0.15) is 34.8 Å². The first-order valence-electron chi connectivity index (χ1n) is 6.78. The number of hydrogen-bond acceptors (Lipinski definition) is 1. The van der Waals surface area contributed by atoms with Gasteiger partial charge in [0.2, 0.25) is 0 Å². The van der Waals surface area contributed by atoms with E-state index in [2.05, 4.69) is 40.3 Å². The lowest BCUT2D eigenvalue weighted by atomic mass is 10.1. The Morgan fingerprint density at radius 1 is 1.00 bits per heavy atom. The Hall–Kier alpha value is -1.61. The third-order valence-corrected chi connectivity index (χ3v) is 3.77. The van der Waals surface area contributed by atoms with Gasteiger partial charge in [-0.2, -0.15) is 0 Å². The van der Waals surface area contributed by atoms with Crippen LogP contribution in [0, 0.1) is 0 Å². The van der Waals surface area contributed by atoms with Gasteiger partial charge in [0.05, 0.1) is 0 Å². The second-order valence-electron chi connectivity index (χ2n) is 4.73. The van der Waals surface area contributed by atoms with E-state index in [9.17, 15) is 4.79 Å². The molecule has 0 heterocycles. The van der Waals surface area contributed by atoms with Crippen LogP contribution in [0.2, 0.25) is 0 Å². The van der Waals surface area contributed by atoms with Gasteiger partial charge in [-0.15, -0.1) is 0 Å². The summed E-state index contributed by atoms with van der Waals surface area (Å²) in [7, 11) is 0. The highest BCUT2D eigenvalue weighted by molar-refractivity contribution is 9.08.